The number of benzene rings is 1. The van der Waals surface area contributed by atoms with Gasteiger partial charge in [0.05, 0.1) is 0 Å². The van der Waals surface area contributed by atoms with Gasteiger partial charge in [-0.05, 0) is 55.5 Å². The number of likely N-dealkylation sites (tertiary alicyclic amines) is 1. The average Bonchev–Trinajstić information content (AvgIpc) is 2.72. The van der Waals surface area contributed by atoms with E-state index < -0.39 is 0 Å². The van der Waals surface area contributed by atoms with Crippen molar-refractivity contribution in [2.24, 2.45) is 5.92 Å². The average molecular weight is 309 g/mol. The van der Waals surface area contributed by atoms with Crippen molar-refractivity contribution in [1.82, 2.24) is 4.90 Å². The molecule has 1 saturated carbocycles. The Balaban J connectivity index is 1.72. The van der Waals surface area contributed by atoms with Crippen LogP contribution < -0.4 is 5.73 Å². The second-order valence-corrected chi connectivity index (χ2v) is 6.68. The van der Waals surface area contributed by atoms with Crippen LogP contribution in [-0.4, -0.2) is 17.5 Å². The number of nitrogens with zero attached hydrogens (tertiary/aromatic N) is 1. The first-order chi connectivity index (χ1) is 8.72. The second-order valence-electron chi connectivity index (χ2n) is 5.76. The molecule has 0 radical (unpaired) electrons. The van der Waals surface area contributed by atoms with Crippen LogP contribution in [0.3, 0.4) is 0 Å². The molecule has 0 spiro atoms. The predicted molar refractivity (Wildman–Crippen MR) is 79.3 cm³/mol. The number of rotatable bonds is 2. The summed E-state index contributed by atoms with van der Waals surface area (Å²) in [6.07, 6.45) is 7.10. The third-order valence-electron chi connectivity index (χ3n) is 4.49. The summed E-state index contributed by atoms with van der Waals surface area (Å²) in [6.45, 7) is 2.33. The van der Waals surface area contributed by atoms with Crippen molar-refractivity contribution >= 4 is 21.6 Å². The van der Waals surface area contributed by atoms with Gasteiger partial charge in [-0.2, -0.15) is 0 Å². The Morgan fingerprint density at radius 1 is 1.17 bits per heavy atom. The molecule has 2 N–H and O–H groups in total. The smallest absolute Gasteiger partial charge is 0.0328 e. The van der Waals surface area contributed by atoms with Gasteiger partial charge in [-0.15, -0.1) is 0 Å². The van der Waals surface area contributed by atoms with E-state index in [9.17, 15) is 0 Å². The molecule has 18 heavy (non-hydrogen) atoms. The van der Waals surface area contributed by atoms with Gasteiger partial charge >= 0.3 is 0 Å². The number of anilines is 1. The second kappa shape index (κ2) is 5.22. The standard InChI is InChI=1S/C15H21BrN2/c16-13-7-11(8-14(17)9-13)10-18-6-5-12-3-1-2-4-15(12)18/h7-9,12,15H,1-6,10,17H2. The lowest BCUT2D eigenvalue weighted by Gasteiger charge is -2.31. The maximum Gasteiger partial charge on any atom is 0.0328 e. The third-order valence-corrected chi connectivity index (χ3v) is 4.95. The van der Waals surface area contributed by atoms with Gasteiger partial charge in [0.1, 0.15) is 0 Å². The number of halogens is 1. The van der Waals surface area contributed by atoms with Crippen molar-refractivity contribution in [3.05, 3.63) is 28.2 Å². The zero-order valence-electron chi connectivity index (χ0n) is 10.7. The van der Waals surface area contributed by atoms with Crippen LogP contribution in [0.1, 0.15) is 37.7 Å². The van der Waals surface area contributed by atoms with Crippen molar-refractivity contribution < 1.29 is 0 Å². The lowest BCUT2D eigenvalue weighted by atomic mass is 9.85. The van der Waals surface area contributed by atoms with Crippen LogP contribution in [0.4, 0.5) is 5.69 Å². The molecule has 1 aliphatic heterocycles. The van der Waals surface area contributed by atoms with Crippen molar-refractivity contribution in [3.63, 3.8) is 0 Å². The summed E-state index contributed by atoms with van der Waals surface area (Å²) in [7, 11) is 0. The SMILES string of the molecule is Nc1cc(Br)cc(CN2CCC3CCCCC32)c1. The molecule has 3 heteroatoms. The maximum atomic E-state index is 5.92. The summed E-state index contributed by atoms with van der Waals surface area (Å²) in [5, 5.41) is 0. The van der Waals surface area contributed by atoms with Gasteiger partial charge in [-0.1, -0.05) is 28.8 Å². The summed E-state index contributed by atoms with van der Waals surface area (Å²) in [6, 6.07) is 7.11. The topological polar surface area (TPSA) is 29.3 Å². The molecule has 0 aromatic heterocycles. The zero-order valence-corrected chi connectivity index (χ0v) is 12.3. The lowest BCUT2D eigenvalue weighted by molar-refractivity contribution is 0.176. The van der Waals surface area contributed by atoms with E-state index in [2.05, 4.69) is 33.0 Å². The minimum absolute atomic E-state index is 0.832. The van der Waals surface area contributed by atoms with Crippen LogP contribution in [-0.2, 0) is 6.54 Å². The minimum Gasteiger partial charge on any atom is -0.399 e. The summed E-state index contributed by atoms with van der Waals surface area (Å²) < 4.78 is 1.09. The Bertz CT molecular complexity index is 412. The van der Waals surface area contributed by atoms with E-state index in [1.54, 1.807) is 0 Å². The Morgan fingerprint density at radius 2 is 2.00 bits per heavy atom. The van der Waals surface area contributed by atoms with E-state index in [0.29, 0.717) is 0 Å². The lowest BCUT2D eigenvalue weighted by Crippen LogP contribution is -2.34. The van der Waals surface area contributed by atoms with Gasteiger partial charge in [0.25, 0.3) is 0 Å². The van der Waals surface area contributed by atoms with Crippen molar-refractivity contribution in [3.8, 4) is 0 Å². The molecule has 2 aliphatic rings. The van der Waals surface area contributed by atoms with Gasteiger partial charge in [0.2, 0.25) is 0 Å². The third kappa shape index (κ3) is 2.57. The molecule has 0 amide bonds. The van der Waals surface area contributed by atoms with Gasteiger partial charge in [0.15, 0.2) is 0 Å². The number of nitrogen functional groups attached to an aromatic ring is 1. The van der Waals surface area contributed by atoms with Crippen LogP contribution in [0.15, 0.2) is 22.7 Å². The minimum atomic E-state index is 0.832. The molecule has 2 unspecified atom stereocenters. The van der Waals surface area contributed by atoms with E-state index >= 15 is 0 Å². The fraction of sp³-hybridized carbons (Fsp3) is 0.600. The molecule has 1 heterocycles. The number of hydrogen-bond donors (Lipinski definition) is 1. The molecule has 0 bridgehead atoms. The molecular formula is C15H21BrN2. The van der Waals surface area contributed by atoms with Crippen molar-refractivity contribution in [2.75, 3.05) is 12.3 Å². The molecule has 1 aromatic rings. The largest absolute Gasteiger partial charge is 0.399 e. The van der Waals surface area contributed by atoms with Crippen LogP contribution in [0.25, 0.3) is 0 Å². The Kier molecular flexibility index (Phi) is 3.62. The molecule has 3 rings (SSSR count). The monoisotopic (exact) mass is 308 g/mol. The van der Waals surface area contributed by atoms with E-state index in [1.165, 1.54) is 44.2 Å². The number of fused-ring (bicyclic) bond motifs is 1. The summed E-state index contributed by atoms with van der Waals surface area (Å²) in [4.78, 5) is 2.67. The highest BCUT2D eigenvalue weighted by molar-refractivity contribution is 9.10. The molecule has 1 aromatic carbocycles. The molecule has 98 valence electrons. The molecule has 2 atom stereocenters. The summed E-state index contributed by atoms with van der Waals surface area (Å²) in [5.41, 5.74) is 8.12. The maximum absolute atomic E-state index is 5.92. The molecule has 2 nitrogen and oxygen atoms in total. The highest BCUT2D eigenvalue weighted by Gasteiger charge is 2.35. The fourth-order valence-electron chi connectivity index (χ4n) is 3.70. The van der Waals surface area contributed by atoms with Crippen LogP contribution in [0, 0.1) is 5.92 Å². The summed E-state index contributed by atoms with van der Waals surface area (Å²) >= 11 is 3.53. The van der Waals surface area contributed by atoms with E-state index in [0.717, 1.165) is 28.7 Å². The first-order valence-corrected chi connectivity index (χ1v) is 7.80. The first-order valence-electron chi connectivity index (χ1n) is 7.01. The number of nitrogens with two attached hydrogens (primary N) is 1. The highest BCUT2D eigenvalue weighted by atomic mass is 79.9. The molecule has 2 fully saturated rings. The summed E-state index contributed by atoms with van der Waals surface area (Å²) in [5.74, 6) is 0.961. The molecular weight excluding hydrogens is 288 g/mol. The van der Waals surface area contributed by atoms with Gasteiger partial charge < -0.3 is 5.73 Å². The van der Waals surface area contributed by atoms with Gasteiger partial charge in [-0.3, -0.25) is 4.90 Å². The van der Waals surface area contributed by atoms with Crippen LogP contribution >= 0.6 is 15.9 Å². The van der Waals surface area contributed by atoms with Crippen molar-refractivity contribution in [2.45, 2.75) is 44.7 Å². The highest BCUT2D eigenvalue weighted by Crippen LogP contribution is 2.37. The van der Waals surface area contributed by atoms with Crippen molar-refractivity contribution in [1.29, 1.82) is 0 Å². The first kappa shape index (κ1) is 12.5. The van der Waals surface area contributed by atoms with E-state index in [4.69, 9.17) is 5.73 Å². The van der Waals surface area contributed by atoms with E-state index in [1.807, 2.05) is 6.07 Å². The van der Waals surface area contributed by atoms with Gasteiger partial charge in [0, 0.05) is 22.7 Å². The molecule has 1 aliphatic carbocycles. The van der Waals surface area contributed by atoms with Crippen LogP contribution in [0.5, 0.6) is 0 Å². The zero-order chi connectivity index (χ0) is 12.5. The Labute approximate surface area is 118 Å². The Morgan fingerprint density at radius 3 is 2.83 bits per heavy atom. The predicted octanol–water partition coefficient (Wildman–Crippen LogP) is 3.80. The number of hydrogen-bond acceptors (Lipinski definition) is 2. The normalized spacial score (nSPS) is 28.3. The van der Waals surface area contributed by atoms with Gasteiger partial charge in [-0.25, -0.2) is 0 Å². The quantitative estimate of drug-likeness (QED) is 0.842. The van der Waals surface area contributed by atoms with E-state index in [-0.39, 0.29) is 0 Å². The van der Waals surface area contributed by atoms with Crippen LogP contribution in [0.2, 0.25) is 0 Å². The fourth-order valence-corrected chi connectivity index (χ4v) is 4.26. The molecule has 1 saturated heterocycles. The Hall–Kier alpha value is -0.540.